The van der Waals surface area contributed by atoms with Gasteiger partial charge in [0.25, 0.3) is 0 Å². The van der Waals surface area contributed by atoms with Gasteiger partial charge in [-0.05, 0) is 24.3 Å². The summed E-state index contributed by atoms with van der Waals surface area (Å²) in [5.41, 5.74) is 0.785. The van der Waals surface area contributed by atoms with Crippen LogP contribution in [-0.4, -0.2) is 12.9 Å². The minimum absolute atomic E-state index is 0.0503. The highest BCUT2D eigenvalue weighted by atomic mass is 19.1. The standard InChI is InChI=1S/C12H9FO3/c1-15-11-6-8(2-3-10(11)13)12(14)9-4-5-16-7-9/h2-7H,1H3. The Morgan fingerprint density at radius 2 is 2.12 bits per heavy atom. The van der Waals surface area contributed by atoms with E-state index in [9.17, 15) is 9.18 Å². The largest absolute Gasteiger partial charge is 0.494 e. The van der Waals surface area contributed by atoms with Crippen molar-refractivity contribution >= 4 is 5.78 Å². The number of hydrogen-bond donors (Lipinski definition) is 0. The predicted molar refractivity (Wildman–Crippen MR) is 55.1 cm³/mol. The topological polar surface area (TPSA) is 39.4 Å². The zero-order valence-electron chi connectivity index (χ0n) is 8.57. The lowest BCUT2D eigenvalue weighted by Crippen LogP contribution is -2.00. The Balaban J connectivity index is 2.38. The van der Waals surface area contributed by atoms with Crippen LogP contribution in [0.1, 0.15) is 15.9 Å². The third kappa shape index (κ3) is 1.82. The number of methoxy groups -OCH3 is 1. The average Bonchev–Trinajstić information content (AvgIpc) is 2.82. The molecule has 0 unspecified atom stereocenters. The van der Waals surface area contributed by atoms with E-state index in [0.717, 1.165) is 0 Å². The molecule has 1 heterocycles. The Kier molecular flexibility index (Phi) is 2.72. The number of ketones is 1. The summed E-state index contributed by atoms with van der Waals surface area (Å²) in [6, 6.07) is 5.53. The highest BCUT2D eigenvalue weighted by Crippen LogP contribution is 2.20. The molecule has 3 nitrogen and oxygen atoms in total. The van der Waals surface area contributed by atoms with Crippen LogP contribution in [-0.2, 0) is 0 Å². The van der Waals surface area contributed by atoms with E-state index in [-0.39, 0.29) is 11.5 Å². The second kappa shape index (κ2) is 4.18. The maximum absolute atomic E-state index is 13.1. The van der Waals surface area contributed by atoms with Gasteiger partial charge in [0.1, 0.15) is 6.26 Å². The molecule has 16 heavy (non-hydrogen) atoms. The van der Waals surface area contributed by atoms with E-state index in [0.29, 0.717) is 11.1 Å². The highest BCUT2D eigenvalue weighted by molar-refractivity contribution is 6.08. The molecule has 2 aromatic rings. The lowest BCUT2D eigenvalue weighted by atomic mass is 10.1. The first-order valence-corrected chi connectivity index (χ1v) is 4.63. The highest BCUT2D eigenvalue weighted by Gasteiger charge is 2.12. The molecule has 0 N–H and O–H groups in total. The average molecular weight is 220 g/mol. The normalized spacial score (nSPS) is 10.1. The van der Waals surface area contributed by atoms with Crippen molar-refractivity contribution in [1.82, 2.24) is 0 Å². The molecule has 82 valence electrons. The van der Waals surface area contributed by atoms with Crippen molar-refractivity contribution in [3.8, 4) is 5.75 Å². The van der Waals surface area contributed by atoms with Gasteiger partial charge in [0.2, 0.25) is 0 Å². The molecule has 0 saturated carbocycles. The Hall–Kier alpha value is -2.10. The number of ether oxygens (including phenoxy) is 1. The molecule has 0 aliphatic heterocycles. The molecule has 2 rings (SSSR count). The summed E-state index contributed by atoms with van der Waals surface area (Å²) >= 11 is 0. The van der Waals surface area contributed by atoms with Crippen LogP contribution in [0.4, 0.5) is 4.39 Å². The Labute approximate surface area is 91.5 Å². The molecule has 1 aromatic carbocycles. The Morgan fingerprint density at radius 1 is 1.31 bits per heavy atom. The summed E-state index contributed by atoms with van der Waals surface area (Å²) < 4.78 is 22.7. The molecule has 0 fully saturated rings. The number of carbonyl (C=O) groups is 1. The van der Waals surface area contributed by atoms with Crippen molar-refractivity contribution < 1.29 is 18.3 Å². The van der Waals surface area contributed by atoms with Crippen molar-refractivity contribution in [2.45, 2.75) is 0 Å². The summed E-state index contributed by atoms with van der Waals surface area (Å²) in [5, 5.41) is 0. The quantitative estimate of drug-likeness (QED) is 0.746. The van der Waals surface area contributed by atoms with E-state index in [4.69, 9.17) is 9.15 Å². The second-order valence-electron chi connectivity index (χ2n) is 3.19. The van der Waals surface area contributed by atoms with Gasteiger partial charge >= 0.3 is 0 Å². The molecule has 0 atom stereocenters. The lowest BCUT2D eigenvalue weighted by Gasteiger charge is -2.03. The van der Waals surface area contributed by atoms with E-state index >= 15 is 0 Å². The number of halogens is 1. The van der Waals surface area contributed by atoms with Gasteiger partial charge in [-0.2, -0.15) is 0 Å². The first kappa shape index (κ1) is 10.4. The van der Waals surface area contributed by atoms with E-state index in [1.54, 1.807) is 6.07 Å². The van der Waals surface area contributed by atoms with Crippen LogP contribution in [0, 0.1) is 5.82 Å². The van der Waals surface area contributed by atoms with Gasteiger partial charge in [-0.1, -0.05) is 0 Å². The maximum atomic E-state index is 13.1. The first-order chi connectivity index (χ1) is 7.72. The Morgan fingerprint density at radius 3 is 2.75 bits per heavy atom. The number of benzene rings is 1. The third-order valence-corrected chi connectivity index (χ3v) is 2.20. The fraction of sp³-hybridized carbons (Fsp3) is 0.0833. The molecule has 0 saturated heterocycles. The van der Waals surface area contributed by atoms with E-state index in [1.807, 2.05) is 0 Å². The molecule has 0 aliphatic rings. The van der Waals surface area contributed by atoms with Gasteiger partial charge in [0.05, 0.1) is 18.9 Å². The summed E-state index contributed by atoms with van der Waals surface area (Å²) in [6.45, 7) is 0. The number of carbonyl (C=O) groups excluding carboxylic acids is 1. The summed E-state index contributed by atoms with van der Waals surface area (Å²) in [5.74, 6) is -0.673. The van der Waals surface area contributed by atoms with E-state index < -0.39 is 5.82 Å². The molecule has 4 heteroatoms. The molecule has 0 amide bonds. The van der Waals surface area contributed by atoms with Gasteiger partial charge in [0, 0.05) is 5.56 Å². The molecular formula is C12H9FO3. The van der Waals surface area contributed by atoms with Crippen molar-refractivity contribution in [3.63, 3.8) is 0 Å². The van der Waals surface area contributed by atoms with Crippen LogP contribution in [0.15, 0.2) is 41.2 Å². The summed E-state index contributed by atoms with van der Waals surface area (Å²) in [4.78, 5) is 11.8. The van der Waals surface area contributed by atoms with Gasteiger partial charge in [-0.25, -0.2) is 4.39 Å². The molecule has 0 aliphatic carbocycles. The fourth-order valence-electron chi connectivity index (χ4n) is 1.36. The van der Waals surface area contributed by atoms with Crippen LogP contribution >= 0.6 is 0 Å². The maximum Gasteiger partial charge on any atom is 0.196 e. The van der Waals surface area contributed by atoms with Crippen LogP contribution in [0.25, 0.3) is 0 Å². The number of rotatable bonds is 3. The number of hydrogen-bond acceptors (Lipinski definition) is 3. The zero-order valence-corrected chi connectivity index (χ0v) is 8.57. The van der Waals surface area contributed by atoms with Gasteiger partial charge in [-0.3, -0.25) is 4.79 Å². The van der Waals surface area contributed by atoms with Crippen molar-refractivity contribution in [3.05, 3.63) is 53.7 Å². The monoisotopic (exact) mass is 220 g/mol. The van der Waals surface area contributed by atoms with Crippen LogP contribution < -0.4 is 4.74 Å². The van der Waals surface area contributed by atoms with Crippen molar-refractivity contribution in [1.29, 1.82) is 0 Å². The molecule has 1 aromatic heterocycles. The van der Waals surface area contributed by atoms with E-state index in [2.05, 4.69) is 0 Å². The van der Waals surface area contributed by atoms with E-state index in [1.165, 1.54) is 37.8 Å². The smallest absolute Gasteiger partial charge is 0.196 e. The minimum Gasteiger partial charge on any atom is -0.494 e. The second-order valence-corrected chi connectivity index (χ2v) is 3.19. The molecular weight excluding hydrogens is 211 g/mol. The van der Waals surface area contributed by atoms with Gasteiger partial charge in [-0.15, -0.1) is 0 Å². The van der Waals surface area contributed by atoms with Crippen LogP contribution in [0.3, 0.4) is 0 Å². The molecule has 0 spiro atoms. The SMILES string of the molecule is COc1cc(C(=O)c2ccoc2)ccc1F. The van der Waals surface area contributed by atoms with Crippen LogP contribution in [0.5, 0.6) is 5.75 Å². The first-order valence-electron chi connectivity index (χ1n) is 4.63. The summed E-state index contributed by atoms with van der Waals surface area (Å²) in [6.07, 6.45) is 2.76. The zero-order chi connectivity index (χ0) is 11.5. The lowest BCUT2D eigenvalue weighted by molar-refractivity contribution is 0.103. The fourth-order valence-corrected chi connectivity index (χ4v) is 1.36. The summed E-state index contributed by atoms with van der Waals surface area (Å²) in [7, 11) is 1.35. The Bertz CT molecular complexity index is 503. The van der Waals surface area contributed by atoms with Gasteiger partial charge < -0.3 is 9.15 Å². The predicted octanol–water partition coefficient (Wildman–Crippen LogP) is 2.66. The molecule has 0 bridgehead atoms. The van der Waals surface area contributed by atoms with Crippen LogP contribution in [0.2, 0.25) is 0 Å². The molecule has 0 radical (unpaired) electrons. The third-order valence-electron chi connectivity index (χ3n) is 2.20. The van der Waals surface area contributed by atoms with Gasteiger partial charge in [0.15, 0.2) is 17.3 Å². The van der Waals surface area contributed by atoms with Crippen molar-refractivity contribution in [2.75, 3.05) is 7.11 Å². The van der Waals surface area contributed by atoms with Crippen molar-refractivity contribution in [2.24, 2.45) is 0 Å². The minimum atomic E-state index is -0.494. The number of furan rings is 1.